The molecule has 0 heterocycles. The first-order valence-electron chi connectivity index (χ1n) is 11.4. The molecule has 0 saturated carbocycles. The van der Waals surface area contributed by atoms with Crippen LogP contribution in [0.25, 0.3) is 0 Å². The molecule has 0 bridgehead atoms. The maximum absolute atomic E-state index is 13.6. The van der Waals surface area contributed by atoms with Gasteiger partial charge in [0.05, 0.1) is 19.4 Å². The summed E-state index contributed by atoms with van der Waals surface area (Å²) in [4.78, 5) is 27.6. The van der Waals surface area contributed by atoms with Gasteiger partial charge in [-0.25, -0.2) is 0 Å². The molecule has 0 saturated heterocycles. The Kier molecular flexibility index (Phi) is 7.16. The molecular formula is C28H28NO5. The topological polar surface area (TPSA) is 76.1 Å². The maximum Gasteiger partial charge on any atom is 0.326 e. The number of phenols is 1. The van der Waals surface area contributed by atoms with E-state index >= 15 is 0 Å². The molecule has 0 aromatic heterocycles. The van der Waals surface area contributed by atoms with Crippen LogP contribution in [-0.2, 0) is 22.4 Å². The molecule has 1 atom stereocenters. The van der Waals surface area contributed by atoms with Crippen LogP contribution in [-0.4, -0.2) is 37.2 Å². The molecule has 34 heavy (non-hydrogen) atoms. The third kappa shape index (κ3) is 5.06. The Bertz CT molecular complexity index is 1170. The second-order valence-corrected chi connectivity index (χ2v) is 8.30. The van der Waals surface area contributed by atoms with Crippen LogP contribution in [0.4, 0.5) is 5.69 Å². The van der Waals surface area contributed by atoms with E-state index in [1.54, 1.807) is 32.2 Å². The number of methoxy groups -OCH3 is 1. The first-order chi connectivity index (χ1) is 16.5. The standard InChI is InChI=1S/C28H28NO5/c1-3-34-27(31)18-29(28(32)20-10-12-23(30)13-11-20)26-17-24(33-2)14-15-25(26)22-9-8-19-6-4-5-7-21(19)16-22/h5-7,10-15,17,22,30H,3,8-9,16,18H2,1-2H3/t22-/m1/s1. The van der Waals surface area contributed by atoms with Crippen molar-refractivity contribution in [1.29, 1.82) is 0 Å². The quantitative estimate of drug-likeness (QED) is 0.520. The molecule has 1 amide bonds. The van der Waals surface area contributed by atoms with Gasteiger partial charge >= 0.3 is 5.97 Å². The first-order valence-corrected chi connectivity index (χ1v) is 11.4. The average Bonchev–Trinajstić information content (AvgIpc) is 2.87. The summed E-state index contributed by atoms with van der Waals surface area (Å²) in [5.41, 5.74) is 4.55. The molecule has 0 fully saturated rings. The molecule has 6 nitrogen and oxygen atoms in total. The second kappa shape index (κ2) is 10.4. The summed E-state index contributed by atoms with van der Waals surface area (Å²) in [6, 6.07) is 20.9. The van der Waals surface area contributed by atoms with Crippen LogP contribution in [0.2, 0.25) is 0 Å². The second-order valence-electron chi connectivity index (χ2n) is 8.30. The number of aryl methyl sites for hydroxylation is 1. The minimum atomic E-state index is -0.493. The molecule has 0 aliphatic heterocycles. The van der Waals surface area contributed by atoms with Crippen molar-refractivity contribution < 1.29 is 24.2 Å². The van der Waals surface area contributed by atoms with Crippen LogP contribution < -0.4 is 9.64 Å². The normalized spacial score (nSPS) is 14.7. The summed E-state index contributed by atoms with van der Waals surface area (Å²) in [5.74, 6) is -0.0139. The van der Waals surface area contributed by atoms with Gasteiger partial charge in [0.15, 0.2) is 0 Å². The number of rotatable bonds is 7. The smallest absolute Gasteiger partial charge is 0.326 e. The number of fused-ring (bicyclic) bond motifs is 1. The lowest BCUT2D eigenvalue weighted by Gasteiger charge is -2.31. The highest BCUT2D eigenvalue weighted by Crippen LogP contribution is 2.39. The Hall–Kier alpha value is -3.80. The van der Waals surface area contributed by atoms with Gasteiger partial charge in [-0.05, 0) is 85.2 Å². The van der Waals surface area contributed by atoms with Crippen molar-refractivity contribution in [2.24, 2.45) is 0 Å². The predicted octanol–water partition coefficient (Wildman–Crippen LogP) is 4.68. The van der Waals surface area contributed by atoms with E-state index in [9.17, 15) is 14.7 Å². The number of esters is 1. The number of anilines is 1. The summed E-state index contributed by atoms with van der Waals surface area (Å²) < 4.78 is 10.6. The lowest BCUT2D eigenvalue weighted by Crippen LogP contribution is -2.37. The molecule has 1 radical (unpaired) electrons. The number of benzene rings is 3. The maximum atomic E-state index is 13.6. The van der Waals surface area contributed by atoms with E-state index in [2.05, 4.69) is 12.1 Å². The zero-order valence-corrected chi connectivity index (χ0v) is 19.4. The summed E-state index contributed by atoms with van der Waals surface area (Å²) >= 11 is 0. The highest BCUT2D eigenvalue weighted by Gasteiger charge is 2.29. The number of phenolic OH excluding ortho intramolecular Hbond substituents is 1. The fourth-order valence-corrected chi connectivity index (χ4v) is 4.48. The van der Waals surface area contributed by atoms with Crippen LogP contribution in [0, 0.1) is 6.07 Å². The molecule has 1 N–H and O–H groups in total. The van der Waals surface area contributed by atoms with E-state index in [-0.39, 0.29) is 30.7 Å². The lowest BCUT2D eigenvalue weighted by atomic mass is 9.79. The molecule has 1 aliphatic rings. The van der Waals surface area contributed by atoms with Crippen molar-refractivity contribution in [2.45, 2.75) is 32.1 Å². The van der Waals surface area contributed by atoms with Gasteiger partial charge in [0.2, 0.25) is 0 Å². The fraction of sp³-hybridized carbons (Fsp3) is 0.286. The number of hydrogen-bond acceptors (Lipinski definition) is 5. The number of hydrogen-bond donors (Lipinski definition) is 1. The van der Waals surface area contributed by atoms with Crippen molar-refractivity contribution in [3.8, 4) is 11.5 Å². The monoisotopic (exact) mass is 458 g/mol. The molecule has 6 heteroatoms. The Morgan fingerprint density at radius 3 is 2.65 bits per heavy atom. The van der Waals surface area contributed by atoms with Crippen molar-refractivity contribution in [3.63, 3.8) is 0 Å². The average molecular weight is 459 g/mol. The van der Waals surface area contributed by atoms with Crippen molar-refractivity contribution >= 4 is 17.6 Å². The molecule has 0 spiro atoms. The van der Waals surface area contributed by atoms with E-state index in [0.29, 0.717) is 17.0 Å². The van der Waals surface area contributed by atoms with E-state index in [0.717, 1.165) is 24.8 Å². The predicted molar refractivity (Wildman–Crippen MR) is 129 cm³/mol. The largest absolute Gasteiger partial charge is 0.508 e. The number of carbonyl (C=O) groups excluding carboxylic acids is 2. The number of ether oxygens (including phenoxy) is 2. The molecule has 3 aromatic carbocycles. The molecule has 175 valence electrons. The summed E-state index contributed by atoms with van der Waals surface area (Å²) in [6.07, 6.45) is 2.68. The third-order valence-corrected chi connectivity index (χ3v) is 6.20. The van der Waals surface area contributed by atoms with Crippen molar-refractivity contribution in [1.82, 2.24) is 0 Å². The molecule has 1 aliphatic carbocycles. The van der Waals surface area contributed by atoms with E-state index in [1.807, 2.05) is 24.3 Å². The van der Waals surface area contributed by atoms with E-state index in [4.69, 9.17) is 9.47 Å². The summed E-state index contributed by atoms with van der Waals surface area (Å²) in [5, 5.41) is 9.65. The van der Waals surface area contributed by atoms with E-state index < -0.39 is 5.97 Å². The Morgan fingerprint density at radius 2 is 1.91 bits per heavy atom. The van der Waals surface area contributed by atoms with Gasteiger partial charge in [-0.3, -0.25) is 14.5 Å². The first kappa shape index (κ1) is 23.4. The minimum absolute atomic E-state index is 0.0636. The third-order valence-electron chi connectivity index (χ3n) is 6.20. The number of nitrogens with zero attached hydrogens (tertiary/aromatic N) is 1. The van der Waals surface area contributed by atoms with Gasteiger partial charge in [-0.15, -0.1) is 0 Å². The number of amides is 1. The van der Waals surface area contributed by atoms with Gasteiger partial charge in [-0.2, -0.15) is 0 Å². The fourth-order valence-electron chi connectivity index (χ4n) is 4.48. The Morgan fingerprint density at radius 1 is 1.12 bits per heavy atom. The lowest BCUT2D eigenvalue weighted by molar-refractivity contribution is -0.141. The van der Waals surface area contributed by atoms with Gasteiger partial charge in [0.25, 0.3) is 5.91 Å². The summed E-state index contributed by atoms with van der Waals surface area (Å²) in [7, 11) is 1.57. The van der Waals surface area contributed by atoms with Gasteiger partial charge in [-0.1, -0.05) is 24.3 Å². The zero-order valence-electron chi connectivity index (χ0n) is 19.4. The SMILES string of the molecule is CCOC(=O)CN(C(=O)c1ccc(O)cc1)c1cc(OC)ccc1[C@@H]1CCc2c[c]ccc2C1. The highest BCUT2D eigenvalue weighted by atomic mass is 16.5. The summed E-state index contributed by atoms with van der Waals surface area (Å²) in [6.45, 7) is 1.73. The molecule has 4 rings (SSSR count). The molecular weight excluding hydrogens is 430 g/mol. The van der Waals surface area contributed by atoms with Crippen molar-refractivity contribution in [3.05, 3.63) is 89.0 Å². The van der Waals surface area contributed by atoms with Crippen molar-refractivity contribution in [2.75, 3.05) is 25.2 Å². The van der Waals surface area contributed by atoms with Crippen LogP contribution >= 0.6 is 0 Å². The van der Waals surface area contributed by atoms with Crippen LogP contribution in [0.3, 0.4) is 0 Å². The Balaban J connectivity index is 1.77. The Labute approximate surface area is 199 Å². The van der Waals surface area contributed by atoms with Crippen LogP contribution in [0.15, 0.2) is 60.7 Å². The van der Waals surface area contributed by atoms with Gasteiger partial charge in [0, 0.05) is 11.6 Å². The number of aromatic hydroxyl groups is 1. The minimum Gasteiger partial charge on any atom is -0.508 e. The van der Waals surface area contributed by atoms with Crippen LogP contribution in [0.1, 0.15) is 46.3 Å². The van der Waals surface area contributed by atoms with E-state index in [1.165, 1.54) is 28.2 Å². The van der Waals surface area contributed by atoms with Crippen LogP contribution in [0.5, 0.6) is 11.5 Å². The molecule has 3 aromatic rings. The highest BCUT2D eigenvalue weighted by molar-refractivity contribution is 6.09. The van der Waals surface area contributed by atoms with Gasteiger partial charge < -0.3 is 14.6 Å². The number of carbonyl (C=O) groups is 2. The molecule has 0 unspecified atom stereocenters. The van der Waals surface area contributed by atoms with Gasteiger partial charge in [0.1, 0.15) is 18.0 Å². The zero-order chi connectivity index (χ0) is 24.1.